The van der Waals surface area contributed by atoms with E-state index in [1.165, 1.54) is 6.07 Å². The Morgan fingerprint density at radius 1 is 0.852 bits per heavy atom. The van der Waals surface area contributed by atoms with Crippen LogP contribution in [-0.2, 0) is 6.54 Å². The van der Waals surface area contributed by atoms with Crippen LogP contribution in [0.1, 0.15) is 5.56 Å². The van der Waals surface area contributed by atoms with Crippen molar-refractivity contribution in [2.24, 2.45) is 0 Å². The Hall–Kier alpha value is -3.29. The second kappa shape index (κ2) is 7.94. The first-order chi connectivity index (χ1) is 13.3. The molecule has 0 unspecified atom stereocenters. The maximum Gasteiger partial charge on any atom is 0.225 e. The van der Waals surface area contributed by atoms with E-state index in [1.807, 2.05) is 18.2 Å². The van der Waals surface area contributed by atoms with Crippen LogP contribution in [-0.4, -0.2) is 46.1 Å². The molecule has 0 atom stereocenters. The Balaban J connectivity index is 1.37. The number of hydrogen-bond donors (Lipinski definition) is 1. The summed E-state index contributed by atoms with van der Waals surface area (Å²) >= 11 is 0. The summed E-state index contributed by atoms with van der Waals surface area (Å²) in [6, 6.07) is 10.4. The van der Waals surface area contributed by atoms with Crippen LogP contribution in [0, 0.1) is 5.82 Å². The molecule has 1 aliphatic heterocycles. The minimum Gasteiger partial charge on any atom is -0.353 e. The van der Waals surface area contributed by atoms with Crippen molar-refractivity contribution in [1.82, 2.24) is 19.9 Å². The minimum atomic E-state index is -0.236. The van der Waals surface area contributed by atoms with Crippen molar-refractivity contribution >= 4 is 17.7 Å². The van der Waals surface area contributed by atoms with E-state index < -0.39 is 0 Å². The third kappa shape index (κ3) is 4.11. The van der Waals surface area contributed by atoms with E-state index in [1.54, 1.807) is 30.7 Å². The zero-order valence-corrected chi connectivity index (χ0v) is 14.8. The maximum absolute atomic E-state index is 13.7. The van der Waals surface area contributed by atoms with Crippen molar-refractivity contribution in [2.75, 3.05) is 41.3 Å². The summed E-state index contributed by atoms with van der Waals surface area (Å²) < 4.78 is 13.7. The van der Waals surface area contributed by atoms with Crippen molar-refractivity contribution in [3.8, 4) is 0 Å². The van der Waals surface area contributed by atoms with Gasteiger partial charge in [-0.3, -0.25) is 0 Å². The second-order valence-corrected chi connectivity index (χ2v) is 6.21. The molecule has 0 radical (unpaired) electrons. The van der Waals surface area contributed by atoms with Crippen molar-refractivity contribution in [3.05, 3.63) is 66.4 Å². The molecule has 0 bridgehead atoms. The summed E-state index contributed by atoms with van der Waals surface area (Å²) in [6.07, 6.45) is 5.23. The van der Waals surface area contributed by atoms with Gasteiger partial charge in [-0.2, -0.15) is 4.98 Å². The molecule has 1 aromatic carbocycles. The molecule has 138 valence electrons. The van der Waals surface area contributed by atoms with Crippen LogP contribution in [0.15, 0.2) is 55.0 Å². The van der Waals surface area contributed by atoms with Crippen molar-refractivity contribution in [2.45, 2.75) is 6.54 Å². The van der Waals surface area contributed by atoms with Gasteiger partial charge in [0.2, 0.25) is 11.9 Å². The molecular weight excluding hydrogens is 345 g/mol. The number of halogens is 1. The molecule has 4 rings (SSSR count). The topological polar surface area (TPSA) is 70.1 Å². The number of aromatic nitrogens is 4. The summed E-state index contributed by atoms with van der Waals surface area (Å²) in [5, 5.41) is 3.10. The van der Waals surface area contributed by atoms with Crippen molar-refractivity contribution < 1.29 is 4.39 Å². The molecule has 7 nitrogen and oxygen atoms in total. The van der Waals surface area contributed by atoms with Crippen LogP contribution in [0.2, 0.25) is 0 Å². The number of piperazine rings is 1. The fraction of sp³-hybridized carbons (Fsp3) is 0.263. The molecular formula is C19H20FN7. The third-order valence-corrected chi connectivity index (χ3v) is 4.47. The van der Waals surface area contributed by atoms with Gasteiger partial charge in [-0.15, -0.1) is 0 Å². The molecule has 1 saturated heterocycles. The Morgan fingerprint density at radius 3 is 2.37 bits per heavy atom. The van der Waals surface area contributed by atoms with E-state index in [0.29, 0.717) is 18.1 Å². The van der Waals surface area contributed by atoms with E-state index in [4.69, 9.17) is 0 Å². The van der Waals surface area contributed by atoms with Crippen LogP contribution in [0.3, 0.4) is 0 Å². The van der Waals surface area contributed by atoms with Gasteiger partial charge in [-0.25, -0.2) is 19.3 Å². The first-order valence-corrected chi connectivity index (χ1v) is 8.87. The van der Waals surface area contributed by atoms with Crippen LogP contribution < -0.4 is 15.1 Å². The lowest BCUT2D eigenvalue weighted by Gasteiger charge is -2.35. The zero-order chi connectivity index (χ0) is 18.5. The lowest BCUT2D eigenvalue weighted by molar-refractivity contribution is 0.612. The summed E-state index contributed by atoms with van der Waals surface area (Å²) in [7, 11) is 0. The first kappa shape index (κ1) is 17.1. The highest BCUT2D eigenvalue weighted by atomic mass is 19.1. The summed E-state index contributed by atoms with van der Waals surface area (Å²) in [5.74, 6) is 1.87. The molecule has 3 aromatic rings. The van der Waals surface area contributed by atoms with E-state index in [-0.39, 0.29) is 5.82 Å². The van der Waals surface area contributed by atoms with Crippen molar-refractivity contribution in [1.29, 1.82) is 0 Å². The summed E-state index contributed by atoms with van der Waals surface area (Å²) in [4.78, 5) is 21.8. The molecule has 27 heavy (non-hydrogen) atoms. The van der Waals surface area contributed by atoms with Crippen LogP contribution >= 0.6 is 0 Å². The standard InChI is InChI=1S/C19H20FN7/c20-16-5-2-1-4-15(16)14-24-18-21-9-6-17(25-18)26-10-12-27(13-11-26)19-22-7-3-8-23-19/h1-9H,10-14H2,(H,21,24,25). The fourth-order valence-corrected chi connectivity index (χ4v) is 3.02. The predicted octanol–water partition coefficient (Wildman–Crippen LogP) is 2.34. The molecule has 0 spiro atoms. The summed E-state index contributed by atoms with van der Waals surface area (Å²) in [5.41, 5.74) is 0.586. The molecule has 1 N–H and O–H groups in total. The van der Waals surface area contributed by atoms with Gasteiger partial charge >= 0.3 is 0 Å². The highest BCUT2D eigenvalue weighted by Crippen LogP contribution is 2.17. The van der Waals surface area contributed by atoms with Crippen LogP contribution in [0.4, 0.5) is 22.1 Å². The van der Waals surface area contributed by atoms with E-state index >= 15 is 0 Å². The predicted molar refractivity (Wildman–Crippen MR) is 102 cm³/mol. The highest BCUT2D eigenvalue weighted by molar-refractivity contribution is 5.45. The second-order valence-electron chi connectivity index (χ2n) is 6.21. The third-order valence-electron chi connectivity index (χ3n) is 4.47. The van der Waals surface area contributed by atoms with Gasteiger partial charge in [0.15, 0.2) is 0 Å². The monoisotopic (exact) mass is 365 g/mol. The number of hydrogen-bond acceptors (Lipinski definition) is 7. The number of nitrogens with zero attached hydrogens (tertiary/aromatic N) is 6. The Labute approximate surface area is 156 Å². The molecule has 2 aromatic heterocycles. The van der Waals surface area contributed by atoms with Gasteiger partial charge in [0.1, 0.15) is 11.6 Å². The van der Waals surface area contributed by atoms with Gasteiger partial charge in [-0.1, -0.05) is 18.2 Å². The fourth-order valence-electron chi connectivity index (χ4n) is 3.02. The van der Waals surface area contributed by atoms with Crippen molar-refractivity contribution in [3.63, 3.8) is 0 Å². The maximum atomic E-state index is 13.7. The van der Waals surface area contributed by atoms with E-state index in [9.17, 15) is 4.39 Å². The van der Waals surface area contributed by atoms with Crippen LogP contribution in [0.25, 0.3) is 0 Å². The Bertz CT molecular complexity index is 882. The van der Waals surface area contributed by atoms with Gasteiger partial charge < -0.3 is 15.1 Å². The lowest BCUT2D eigenvalue weighted by atomic mass is 10.2. The molecule has 3 heterocycles. The molecule has 1 fully saturated rings. The van der Waals surface area contributed by atoms with Crippen LogP contribution in [0.5, 0.6) is 0 Å². The average Bonchev–Trinajstić information content (AvgIpc) is 2.74. The summed E-state index contributed by atoms with van der Waals surface area (Å²) in [6.45, 7) is 3.64. The number of rotatable bonds is 5. The smallest absolute Gasteiger partial charge is 0.225 e. The van der Waals surface area contributed by atoms with Gasteiger partial charge in [0, 0.05) is 56.9 Å². The molecule has 0 saturated carbocycles. The normalized spacial score (nSPS) is 14.3. The molecule has 1 aliphatic rings. The van der Waals surface area contributed by atoms with E-state index in [0.717, 1.165) is 37.9 Å². The Morgan fingerprint density at radius 2 is 1.59 bits per heavy atom. The average molecular weight is 365 g/mol. The largest absolute Gasteiger partial charge is 0.353 e. The van der Waals surface area contributed by atoms with Gasteiger partial charge in [-0.05, 0) is 18.2 Å². The van der Waals surface area contributed by atoms with E-state index in [2.05, 4.69) is 35.1 Å². The molecule has 8 heteroatoms. The number of nitrogens with one attached hydrogen (secondary N) is 1. The quantitative estimate of drug-likeness (QED) is 0.744. The minimum absolute atomic E-state index is 0.236. The molecule has 0 amide bonds. The zero-order valence-electron chi connectivity index (χ0n) is 14.8. The number of anilines is 3. The lowest BCUT2D eigenvalue weighted by Crippen LogP contribution is -2.47. The van der Waals surface area contributed by atoms with Gasteiger partial charge in [0.05, 0.1) is 0 Å². The highest BCUT2D eigenvalue weighted by Gasteiger charge is 2.20. The SMILES string of the molecule is Fc1ccccc1CNc1nccc(N2CCN(c3ncccn3)CC2)n1. The molecule has 0 aliphatic carbocycles. The number of benzene rings is 1. The Kier molecular flexibility index (Phi) is 5.04. The first-order valence-electron chi connectivity index (χ1n) is 8.87. The van der Waals surface area contributed by atoms with Gasteiger partial charge in [0.25, 0.3) is 0 Å².